The second-order valence-electron chi connectivity index (χ2n) is 4.93. The van der Waals surface area contributed by atoms with E-state index in [0.29, 0.717) is 5.02 Å². The summed E-state index contributed by atoms with van der Waals surface area (Å²) in [4.78, 5) is 4.63. The smallest absolute Gasteiger partial charge is 0.128 e. The lowest BCUT2D eigenvalue weighted by atomic mass is 10.2. The van der Waals surface area contributed by atoms with Gasteiger partial charge in [0.1, 0.15) is 5.82 Å². The summed E-state index contributed by atoms with van der Waals surface area (Å²) in [6.45, 7) is 2.65. The van der Waals surface area contributed by atoms with Crippen molar-refractivity contribution in [2.75, 3.05) is 0 Å². The SMILES string of the molecule is CC(Cl)c1nc2ccc(Cl)cc2n1Cc1ccc(Br)cc1. The Morgan fingerprint density at radius 1 is 1.19 bits per heavy atom. The average Bonchev–Trinajstić information content (AvgIpc) is 2.80. The lowest BCUT2D eigenvalue weighted by Crippen LogP contribution is -2.05. The molecule has 3 aromatic rings. The summed E-state index contributed by atoms with van der Waals surface area (Å²) in [5.74, 6) is 0.858. The Labute approximate surface area is 141 Å². The van der Waals surface area contributed by atoms with Crippen LogP contribution in [0.15, 0.2) is 46.9 Å². The van der Waals surface area contributed by atoms with E-state index in [9.17, 15) is 0 Å². The third-order valence-corrected chi connectivity index (χ3v) is 4.31. The molecular formula is C16H13BrCl2N2. The first kappa shape index (κ1) is 14.9. The summed E-state index contributed by atoms with van der Waals surface area (Å²) < 4.78 is 3.19. The predicted molar refractivity (Wildman–Crippen MR) is 92.3 cm³/mol. The zero-order valence-electron chi connectivity index (χ0n) is 11.4. The zero-order valence-corrected chi connectivity index (χ0v) is 14.5. The molecule has 1 heterocycles. The van der Waals surface area contributed by atoms with Gasteiger partial charge in [-0.15, -0.1) is 11.6 Å². The molecule has 3 rings (SSSR count). The molecule has 0 radical (unpaired) electrons. The monoisotopic (exact) mass is 382 g/mol. The Hall–Kier alpha value is -1.03. The predicted octanol–water partition coefficient (Wildman–Crippen LogP) is 5.80. The Morgan fingerprint density at radius 2 is 1.90 bits per heavy atom. The van der Waals surface area contributed by atoms with Crippen molar-refractivity contribution in [2.45, 2.75) is 18.8 Å². The van der Waals surface area contributed by atoms with E-state index in [1.54, 1.807) is 0 Å². The van der Waals surface area contributed by atoms with Gasteiger partial charge in [0.25, 0.3) is 0 Å². The Bertz CT molecular complexity index is 779. The highest BCUT2D eigenvalue weighted by Crippen LogP contribution is 2.27. The minimum absolute atomic E-state index is 0.161. The van der Waals surface area contributed by atoms with Crippen LogP contribution in [-0.2, 0) is 6.54 Å². The van der Waals surface area contributed by atoms with Gasteiger partial charge in [0.2, 0.25) is 0 Å². The molecule has 1 aromatic heterocycles. The number of hydrogen-bond donors (Lipinski definition) is 0. The van der Waals surface area contributed by atoms with Crippen LogP contribution in [-0.4, -0.2) is 9.55 Å². The van der Waals surface area contributed by atoms with Crippen molar-refractivity contribution in [1.29, 1.82) is 0 Å². The van der Waals surface area contributed by atoms with Gasteiger partial charge in [0, 0.05) is 16.0 Å². The van der Waals surface area contributed by atoms with Crippen LogP contribution in [0.5, 0.6) is 0 Å². The van der Waals surface area contributed by atoms with Gasteiger partial charge in [-0.3, -0.25) is 0 Å². The molecule has 21 heavy (non-hydrogen) atoms. The van der Waals surface area contributed by atoms with E-state index in [1.165, 1.54) is 5.56 Å². The van der Waals surface area contributed by atoms with E-state index in [2.05, 4.69) is 37.6 Å². The minimum Gasteiger partial charge on any atom is -0.322 e. The van der Waals surface area contributed by atoms with Crippen LogP contribution in [0.4, 0.5) is 0 Å². The van der Waals surface area contributed by atoms with Gasteiger partial charge in [-0.05, 0) is 42.8 Å². The second kappa shape index (κ2) is 5.99. The first-order valence-corrected chi connectivity index (χ1v) is 8.19. The summed E-state index contributed by atoms with van der Waals surface area (Å²) in [5.41, 5.74) is 3.11. The molecule has 0 aliphatic rings. The quantitative estimate of drug-likeness (QED) is 0.522. The van der Waals surface area contributed by atoms with Crippen LogP contribution in [0, 0.1) is 0 Å². The minimum atomic E-state index is -0.161. The van der Waals surface area contributed by atoms with Gasteiger partial charge in [-0.1, -0.05) is 39.7 Å². The maximum atomic E-state index is 6.29. The number of hydrogen-bond acceptors (Lipinski definition) is 1. The molecule has 5 heteroatoms. The van der Waals surface area contributed by atoms with E-state index in [1.807, 2.05) is 37.3 Å². The van der Waals surface area contributed by atoms with Crippen LogP contribution >= 0.6 is 39.1 Å². The highest BCUT2D eigenvalue weighted by atomic mass is 79.9. The van der Waals surface area contributed by atoms with E-state index < -0.39 is 0 Å². The molecule has 0 bridgehead atoms. The number of rotatable bonds is 3. The van der Waals surface area contributed by atoms with E-state index in [4.69, 9.17) is 23.2 Å². The van der Waals surface area contributed by atoms with Gasteiger partial charge in [-0.25, -0.2) is 4.98 Å². The Balaban J connectivity index is 2.12. The van der Waals surface area contributed by atoms with Crippen molar-refractivity contribution in [2.24, 2.45) is 0 Å². The third-order valence-electron chi connectivity index (χ3n) is 3.35. The fraction of sp³-hybridized carbons (Fsp3) is 0.188. The summed E-state index contributed by atoms with van der Waals surface area (Å²) in [5, 5.41) is 0.542. The van der Waals surface area contributed by atoms with Crippen molar-refractivity contribution >= 4 is 50.2 Å². The number of aromatic nitrogens is 2. The molecule has 0 aliphatic carbocycles. The largest absolute Gasteiger partial charge is 0.322 e. The third kappa shape index (κ3) is 3.10. The summed E-state index contributed by atoms with van der Waals surface area (Å²) >= 11 is 15.9. The van der Waals surface area contributed by atoms with Gasteiger partial charge in [0.05, 0.1) is 16.4 Å². The summed E-state index contributed by atoms with van der Waals surface area (Å²) in [6, 6.07) is 14.0. The molecule has 0 amide bonds. The van der Waals surface area contributed by atoms with Gasteiger partial charge in [0.15, 0.2) is 0 Å². The molecule has 0 saturated carbocycles. The molecule has 108 valence electrons. The number of halogens is 3. The van der Waals surface area contributed by atoms with Crippen LogP contribution in [0.3, 0.4) is 0 Å². The van der Waals surface area contributed by atoms with Crippen molar-refractivity contribution < 1.29 is 0 Å². The first-order valence-electron chi connectivity index (χ1n) is 6.59. The average molecular weight is 384 g/mol. The van der Waals surface area contributed by atoms with Crippen molar-refractivity contribution in [3.8, 4) is 0 Å². The highest BCUT2D eigenvalue weighted by Gasteiger charge is 2.15. The number of imidazole rings is 1. The lowest BCUT2D eigenvalue weighted by Gasteiger charge is -2.11. The van der Waals surface area contributed by atoms with E-state index >= 15 is 0 Å². The molecule has 0 saturated heterocycles. The number of benzene rings is 2. The lowest BCUT2D eigenvalue weighted by molar-refractivity contribution is 0.742. The highest BCUT2D eigenvalue weighted by molar-refractivity contribution is 9.10. The van der Waals surface area contributed by atoms with Gasteiger partial charge in [-0.2, -0.15) is 0 Å². The molecule has 0 N–H and O–H groups in total. The van der Waals surface area contributed by atoms with Gasteiger partial charge < -0.3 is 4.57 Å². The first-order chi connectivity index (χ1) is 10.0. The summed E-state index contributed by atoms with van der Waals surface area (Å²) in [6.07, 6.45) is 0. The number of fused-ring (bicyclic) bond motifs is 1. The van der Waals surface area contributed by atoms with E-state index in [0.717, 1.165) is 27.9 Å². The van der Waals surface area contributed by atoms with Crippen molar-refractivity contribution in [1.82, 2.24) is 9.55 Å². The van der Waals surface area contributed by atoms with Crippen molar-refractivity contribution in [3.05, 3.63) is 63.3 Å². The standard InChI is InChI=1S/C16H13BrCl2N2/c1-10(18)16-20-14-7-6-13(19)8-15(14)21(16)9-11-2-4-12(17)5-3-11/h2-8,10H,9H2,1H3. The molecule has 1 atom stereocenters. The normalized spacial score (nSPS) is 12.8. The fourth-order valence-corrected chi connectivity index (χ4v) is 2.95. The van der Waals surface area contributed by atoms with Crippen molar-refractivity contribution in [3.63, 3.8) is 0 Å². The van der Waals surface area contributed by atoms with Crippen LogP contribution < -0.4 is 0 Å². The Morgan fingerprint density at radius 3 is 2.57 bits per heavy atom. The Kier molecular flexibility index (Phi) is 4.25. The molecular weight excluding hydrogens is 371 g/mol. The molecule has 0 aliphatic heterocycles. The molecule has 0 fully saturated rings. The maximum absolute atomic E-state index is 6.29. The summed E-state index contributed by atoms with van der Waals surface area (Å²) in [7, 11) is 0. The van der Waals surface area contributed by atoms with E-state index in [-0.39, 0.29) is 5.38 Å². The topological polar surface area (TPSA) is 17.8 Å². The van der Waals surface area contributed by atoms with Crippen LogP contribution in [0.1, 0.15) is 23.7 Å². The molecule has 1 unspecified atom stereocenters. The number of nitrogens with zero attached hydrogens (tertiary/aromatic N) is 2. The van der Waals surface area contributed by atoms with Crippen LogP contribution in [0.2, 0.25) is 5.02 Å². The zero-order chi connectivity index (χ0) is 15.0. The fourth-order valence-electron chi connectivity index (χ4n) is 2.36. The van der Waals surface area contributed by atoms with Crippen LogP contribution in [0.25, 0.3) is 11.0 Å². The number of alkyl halides is 1. The second-order valence-corrected chi connectivity index (χ2v) is 6.94. The molecule has 0 spiro atoms. The molecule has 2 aromatic carbocycles. The maximum Gasteiger partial charge on any atom is 0.128 e. The molecule has 2 nitrogen and oxygen atoms in total. The van der Waals surface area contributed by atoms with Gasteiger partial charge >= 0.3 is 0 Å².